The summed E-state index contributed by atoms with van der Waals surface area (Å²) in [6.07, 6.45) is 5.54. The molecule has 3 saturated heterocycles. The summed E-state index contributed by atoms with van der Waals surface area (Å²) in [5.41, 5.74) is 5.56. The second-order valence-electron chi connectivity index (χ2n) is 6.94. The topological polar surface area (TPSA) is 36.1 Å². The number of rotatable bonds is 1. The Hall–Kier alpha value is -1.87. The highest BCUT2D eigenvalue weighted by molar-refractivity contribution is 5.85. The first-order valence-electron chi connectivity index (χ1n) is 8.27. The zero-order valence-electron chi connectivity index (χ0n) is 12.8. The molecule has 5 heterocycles. The lowest BCUT2D eigenvalue weighted by molar-refractivity contribution is -0.121. The molecular weight excluding hydrogens is 272 g/mol. The molecule has 4 aliphatic heterocycles. The van der Waals surface area contributed by atoms with Gasteiger partial charge in [0.05, 0.1) is 6.04 Å². The third-order valence-corrected chi connectivity index (χ3v) is 6.17. The van der Waals surface area contributed by atoms with E-state index in [9.17, 15) is 4.79 Å². The molecule has 4 aliphatic rings. The van der Waals surface area contributed by atoms with E-state index in [1.807, 2.05) is 0 Å². The van der Waals surface area contributed by atoms with E-state index < -0.39 is 0 Å². The van der Waals surface area contributed by atoms with Crippen LogP contribution in [0.4, 0.5) is 0 Å². The number of aromatic amines is 1. The third kappa shape index (κ3) is 1.42. The van der Waals surface area contributed by atoms with Gasteiger partial charge in [-0.1, -0.05) is 29.8 Å². The van der Waals surface area contributed by atoms with Crippen molar-refractivity contribution in [1.82, 2.24) is 9.88 Å². The van der Waals surface area contributed by atoms with E-state index in [2.05, 4.69) is 47.1 Å². The Labute approximate surface area is 130 Å². The number of hydrogen-bond acceptors (Lipinski definition) is 2. The van der Waals surface area contributed by atoms with E-state index in [0.29, 0.717) is 18.0 Å². The first-order valence-corrected chi connectivity index (χ1v) is 8.27. The summed E-state index contributed by atoms with van der Waals surface area (Å²) in [4.78, 5) is 18.0. The highest BCUT2D eigenvalue weighted by Gasteiger charge is 2.52. The maximum atomic E-state index is 11.8. The van der Waals surface area contributed by atoms with Crippen LogP contribution in [0.5, 0.6) is 0 Å². The van der Waals surface area contributed by atoms with Crippen LogP contribution in [0.2, 0.25) is 0 Å². The minimum Gasteiger partial charge on any atom is -0.357 e. The lowest BCUT2D eigenvalue weighted by Gasteiger charge is -2.57. The second-order valence-corrected chi connectivity index (χ2v) is 6.94. The summed E-state index contributed by atoms with van der Waals surface area (Å²) in [6.45, 7) is 3.15. The number of carbonyl (C=O) groups excluding carboxylic acids is 1. The Morgan fingerprint density at radius 1 is 1.32 bits per heavy atom. The van der Waals surface area contributed by atoms with Crippen LogP contribution in [0.15, 0.2) is 35.9 Å². The van der Waals surface area contributed by atoms with Crippen LogP contribution in [0.3, 0.4) is 0 Å². The van der Waals surface area contributed by atoms with Crippen LogP contribution < -0.4 is 0 Å². The van der Waals surface area contributed by atoms with Crippen LogP contribution in [0.25, 0.3) is 10.9 Å². The van der Waals surface area contributed by atoms with Gasteiger partial charge in [0.2, 0.25) is 0 Å². The fourth-order valence-corrected chi connectivity index (χ4v) is 5.17. The normalized spacial score (nSPS) is 37.5. The number of hydrogen-bond donors (Lipinski definition) is 1. The molecule has 2 unspecified atom stereocenters. The number of piperidine rings is 3. The summed E-state index contributed by atoms with van der Waals surface area (Å²) in [5, 5.41) is 1.35. The Morgan fingerprint density at radius 3 is 3.00 bits per heavy atom. The van der Waals surface area contributed by atoms with Crippen molar-refractivity contribution in [2.75, 3.05) is 6.54 Å². The molecule has 4 bridgehead atoms. The van der Waals surface area contributed by atoms with Gasteiger partial charge in [-0.3, -0.25) is 4.90 Å². The molecule has 22 heavy (non-hydrogen) atoms. The molecule has 0 amide bonds. The van der Waals surface area contributed by atoms with Gasteiger partial charge >= 0.3 is 0 Å². The quantitative estimate of drug-likeness (QED) is 0.647. The summed E-state index contributed by atoms with van der Waals surface area (Å²) in [7, 11) is 0. The molecule has 0 aliphatic carbocycles. The van der Waals surface area contributed by atoms with Crippen molar-refractivity contribution >= 4 is 17.2 Å². The van der Waals surface area contributed by atoms with E-state index >= 15 is 0 Å². The standard InChI is InChI=1S/C19H20N2O/c1-2-11-9-21-17-8-14-12-5-3-4-6-16(12)20-19(14)18(21)7-13(11)15(17)10-22/h2-6,10,13,15,17-18,20H,7-9H2,1H3/t13-,15-,17?,18-/m0/s1. The number of H-pyrrole nitrogens is 1. The van der Waals surface area contributed by atoms with E-state index in [0.717, 1.165) is 19.4 Å². The average molecular weight is 292 g/mol. The maximum absolute atomic E-state index is 11.8. The number of nitrogens with zero attached hydrogens (tertiary/aromatic N) is 1. The highest BCUT2D eigenvalue weighted by atomic mass is 16.1. The summed E-state index contributed by atoms with van der Waals surface area (Å²) < 4.78 is 0. The first kappa shape index (κ1) is 12.7. The van der Waals surface area contributed by atoms with Crippen molar-refractivity contribution in [3.8, 4) is 0 Å². The number of nitrogens with one attached hydrogen (secondary N) is 1. The number of carbonyl (C=O) groups is 1. The molecule has 6 rings (SSSR count). The number of allylic oxidation sites excluding steroid dienone is 1. The molecule has 3 nitrogen and oxygen atoms in total. The number of aldehydes is 1. The average Bonchev–Trinajstić information content (AvgIpc) is 2.93. The van der Waals surface area contributed by atoms with Gasteiger partial charge in [0.15, 0.2) is 0 Å². The Balaban J connectivity index is 1.70. The van der Waals surface area contributed by atoms with Crippen molar-refractivity contribution in [3.63, 3.8) is 0 Å². The molecule has 1 aromatic carbocycles. The van der Waals surface area contributed by atoms with Gasteiger partial charge in [-0.15, -0.1) is 0 Å². The predicted octanol–water partition coefficient (Wildman–Crippen LogP) is 3.23. The summed E-state index contributed by atoms with van der Waals surface area (Å²) in [5.74, 6) is 0.611. The molecule has 0 radical (unpaired) electrons. The van der Waals surface area contributed by atoms with Crippen LogP contribution in [0, 0.1) is 11.8 Å². The largest absolute Gasteiger partial charge is 0.357 e. The number of benzene rings is 1. The third-order valence-electron chi connectivity index (χ3n) is 6.17. The minimum atomic E-state index is 0.165. The van der Waals surface area contributed by atoms with Crippen LogP contribution in [-0.2, 0) is 11.2 Å². The number of para-hydroxylation sites is 1. The molecule has 5 atom stereocenters. The molecule has 1 aromatic heterocycles. The number of aromatic nitrogens is 1. The molecule has 2 aromatic rings. The van der Waals surface area contributed by atoms with E-state index in [-0.39, 0.29) is 5.92 Å². The van der Waals surface area contributed by atoms with Crippen molar-refractivity contribution in [2.45, 2.75) is 31.8 Å². The Kier molecular flexibility index (Phi) is 2.49. The predicted molar refractivity (Wildman–Crippen MR) is 86.7 cm³/mol. The summed E-state index contributed by atoms with van der Waals surface area (Å²) >= 11 is 0. The number of fused-ring (bicyclic) bond motifs is 4. The Morgan fingerprint density at radius 2 is 2.18 bits per heavy atom. The molecule has 3 fully saturated rings. The smallest absolute Gasteiger partial charge is 0.125 e. The van der Waals surface area contributed by atoms with E-state index in [1.54, 1.807) is 0 Å². The van der Waals surface area contributed by atoms with E-state index in [1.165, 1.54) is 34.0 Å². The van der Waals surface area contributed by atoms with E-state index in [4.69, 9.17) is 0 Å². The van der Waals surface area contributed by atoms with Gasteiger partial charge in [0.25, 0.3) is 0 Å². The van der Waals surface area contributed by atoms with Crippen molar-refractivity contribution < 1.29 is 4.79 Å². The van der Waals surface area contributed by atoms with Crippen molar-refractivity contribution in [1.29, 1.82) is 0 Å². The van der Waals surface area contributed by atoms with Crippen LogP contribution in [0.1, 0.15) is 30.6 Å². The van der Waals surface area contributed by atoms with Crippen molar-refractivity contribution in [3.05, 3.63) is 47.2 Å². The monoisotopic (exact) mass is 292 g/mol. The van der Waals surface area contributed by atoms with Crippen LogP contribution in [-0.4, -0.2) is 28.8 Å². The molecule has 1 N–H and O–H groups in total. The van der Waals surface area contributed by atoms with Gasteiger partial charge in [-0.2, -0.15) is 0 Å². The second kappa shape index (κ2) is 4.32. The zero-order chi connectivity index (χ0) is 14.8. The van der Waals surface area contributed by atoms with Gasteiger partial charge in [-0.05, 0) is 37.3 Å². The first-order chi connectivity index (χ1) is 10.8. The maximum Gasteiger partial charge on any atom is 0.125 e. The van der Waals surface area contributed by atoms with Gasteiger partial charge in [-0.25, -0.2) is 0 Å². The minimum absolute atomic E-state index is 0.165. The summed E-state index contributed by atoms with van der Waals surface area (Å²) in [6, 6.07) is 9.44. The van der Waals surface area contributed by atoms with Gasteiger partial charge in [0, 0.05) is 35.1 Å². The lowest BCUT2D eigenvalue weighted by Crippen LogP contribution is -2.60. The SMILES string of the molecule is CC=C1CN2C3Cc4c([nH]c5ccccc45)[C@@H]2C[C@@H]1[C@@H]3C=O. The molecule has 0 spiro atoms. The van der Waals surface area contributed by atoms with Gasteiger partial charge in [0.1, 0.15) is 6.29 Å². The Bertz CT molecular complexity index is 803. The zero-order valence-corrected chi connectivity index (χ0v) is 12.8. The fraction of sp³-hybridized carbons (Fsp3) is 0.421. The van der Waals surface area contributed by atoms with Crippen LogP contribution >= 0.6 is 0 Å². The van der Waals surface area contributed by atoms with Gasteiger partial charge < -0.3 is 9.78 Å². The highest BCUT2D eigenvalue weighted by Crippen LogP contribution is 2.53. The molecule has 0 saturated carbocycles. The van der Waals surface area contributed by atoms with Crippen molar-refractivity contribution in [2.24, 2.45) is 11.8 Å². The lowest BCUT2D eigenvalue weighted by atomic mass is 9.64. The molecular formula is C19H20N2O. The molecule has 112 valence electrons. The fourth-order valence-electron chi connectivity index (χ4n) is 5.17. The molecule has 3 heteroatoms.